The van der Waals surface area contributed by atoms with Crippen molar-refractivity contribution in [3.8, 4) is 11.1 Å². The number of carbonyl (C=O) groups is 1. The Morgan fingerprint density at radius 3 is 2.80 bits per heavy atom. The van der Waals surface area contributed by atoms with Crippen LogP contribution < -0.4 is 10.6 Å². The minimum absolute atomic E-state index is 0.0640. The number of benzene rings is 1. The maximum Gasteiger partial charge on any atom is 0.404 e. The van der Waals surface area contributed by atoms with Gasteiger partial charge in [0.05, 0.1) is 18.8 Å². The van der Waals surface area contributed by atoms with Crippen LogP contribution in [0.4, 0.5) is 25.2 Å². The summed E-state index contributed by atoms with van der Waals surface area (Å²) in [5.41, 5.74) is 2.75. The second-order valence-corrected chi connectivity index (χ2v) is 6.61. The minimum atomic E-state index is -2.69. The van der Waals surface area contributed by atoms with E-state index in [1.807, 2.05) is 19.1 Å². The molecule has 4 N–H and O–H groups in total. The Balaban J connectivity index is 1.75. The molecule has 0 aliphatic rings. The van der Waals surface area contributed by atoms with Gasteiger partial charge in [-0.1, -0.05) is 6.07 Å². The summed E-state index contributed by atoms with van der Waals surface area (Å²) in [7, 11) is 0. The highest BCUT2D eigenvalue weighted by Crippen LogP contribution is 2.26. The zero-order valence-corrected chi connectivity index (χ0v) is 16.0. The molecule has 0 bridgehead atoms. The van der Waals surface area contributed by atoms with E-state index >= 15 is 0 Å². The molecule has 158 valence electrons. The molecule has 9 nitrogen and oxygen atoms in total. The fourth-order valence-electron chi connectivity index (χ4n) is 2.80. The lowest BCUT2D eigenvalue weighted by molar-refractivity contribution is 0.139. The Morgan fingerprint density at radius 2 is 2.07 bits per heavy atom. The first kappa shape index (κ1) is 21.1. The topological polar surface area (TPSA) is 125 Å². The summed E-state index contributed by atoms with van der Waals surface area (Å²) in [6, 6.07) is 6.71. The van der Waals surface area contributed by atoms with Crippen molar-refractivity contribution < 1.29 is 23.8 Å². The number of aryl methyl sites for hydroxylation is 1. The minimum Gasteiger partial charge on any atom is -0.465 e. The van der Waals surface area contributed by atoms with Gasteiger partial charge in [0, 0.05) is 30.2 Å². The quantitative estimate of drug-likeness (QED) is 0.443. The fourth-order valence-corrected chi connectivity index (χ4v) is 2.80. The van der Waals surface area contributed by atoms with E-state index in [2.05, 4.69) is 25.7 Å². The van der Waals surface area contributed by atoms with E-state index in [4.69, 9.17) is 5.11 Å². The molecule has 1 aromatic carbocycles. The second kappa shape index (κ2) is 9.27. The van der Waals surface area contributed by atoms with Crippen molar-refractivity contribution in [2.24, 2.45) is 0 Å². The molecule has 1 unspecified atom stereocenters. The molecule has 0 spiro atoms. The number of halogens is 2. The first-order chi connectivity index (χ1) is 14.3. The first-order valence-electron chi connectivity index (χ1n) is 8.97. The van der Waals surface area contributed by atoms with Gasteiger partial charge in [0.2, 0.25) is 5.95 Å². The van der Waals surface area contributed by atoms with E-state index in [0.29, 0.717) is 5.69 Å². The van der Waals surface area contributed by atoms with E-state index in [-0.39, 0.29) is 24.7 Å². The van der Waals surface area contributed by atoms with E-state index in [9.17, 15) is 18.7 Å². The lowest BCUT2D eigenvalue weighted by atomic mass is 10.1. The molecule has 0 radical (unpaired) electrons. The molecule has 0 saturated carbocycles. The Labute approximate surface area is 170 Å². The van der Waals surface area contributed by atoms with Gasteiger partial charge in [0.1, 0.15) is 5.69 Å². The first-order valence-corrected chi connectivity index (χ1v) is 8.97. The van der Waals surface area contributed by atoms with Crippen LogP contribution in [0, 0.1) is 6.92 Å². The molecule has 11 heteroatoms. The van der Waals surface area contributed by atoms with E-state index < -0.39 is 18.6 Å². The van der Waals surface area contributed by atoms with Crippen LogP contribution in [0.1, 0.15) is 17.7 Å². The number of hydrogen-bond donors (Lipinski definition) is 4. The van der Waals surface area contributed by atoms with Gasteiger partial charge in [-0.2, -0.15) is 5.10 Å². The highest BCUT2D eigenvalue weighted by atomic mass is 19.3. The van der Waals surface area contributed by atoms with Gasteiger partial charge in [0.15, 0.2) is 0 Å². The zero-order valence-electron chi connectivity index (χ0n) is 16.0. The summed E-state index contributed by atoms with van der Waals surface area (Å²) in [5.74, 6) is 0.0640. The summed E-state index contributed by atoms with van der Waals surface area (Å²) < 4.78 is 27.2. The standard InChI is InChI=1S/C19H20F2N6O3/c1-11-4-12(13-7-24-27(9-13)10-15(28)8-23-19(29)30)6-14(5-11)25-18-22-3-2-16(26-18)17(20)21/h2-7,9,15,17,23,28H,8,10H2,1H3,(H,29,30)(H,22,25,26). The average Bonchev–Trinajstić information content (AvgIpc) is 3.14. The van der Waals surface area contributed by atoms with Gasteiger partial charge >= 0.3 is 6.09 Å². The third-order valence-corrected chi connectivity index (χ3v) is 4.09. The summed E-state index contributed by atoms with van der Waals surface area (Å²) in [6.07, 6.45) is -0.225. The number of nitrogens with zero attached hydrogens (tertiary/aromatic N) is 4. The number of amides is 1. The molecule has 0 aliphatic carbocycles. The van der Waals surface area contributed by atoms with Crippen molar-refractivity contribution in [3.63, 3.8) is 0 Å². The van der Waals surface area contributed by atoms with Crippen molar-refractivity contribution >= 4 is 17.7 Å². The van der Waals surface area contributed by atoms with Gasteiger partial charge in [-0.3, -0.25) is 4.68 Å². The van der Waals surface area contributed by atoms with Gasteiger partial charge < -0.3 is 20.8 Å². The molecular weight excluding hydrogens is 398 g/mol. The van der Waals surface area contributed by atoms with Crippen molar-refractivity contribution in [3.05, 3.63) is 54.1 Å². The zero-order chi connectivity index (χ0) is 21.7. The summed E-state index contributed by atoms with van der Waals surface area (Å²) in [5, 5.41) is 27.7. The molecule has 1 atom stereocenters. The van der Waals surface area contributed by atoms with Crippen molar-refractivity contribution in [1.82, 2.24) is 25.1 Å². The van der Waals surface area contributed by atoms with Crippen LogP contribution >= 0.6 is 0 Å². The van der Waals surface area contributed by atoms with Crippen LogP contribution in [0.15, 0.2) is 42.9 Å². The van der Waals surface area contributed by atoms with Crippen molar-refractivity contribution in [2.45, 2.75) is 26.0 Å². The van der Waals surface area contributed by atoms with Crippen molar-refractivity contribution in [2.75, 3.05) is 11.9 Å². The Bertz CT molecular complexity index is 1030. The van der Waals surface area contributed by atoms with Crippen LogP contribution in [0.2, 0.25) is 0 Å². The number of nitrogens with one attached hydrogen (secondary N) is 2. The SMILES string of the molecule is Cc1cc(Nc2nccc(C(F)F)n2)cc(-c2cnn(CC(O)CNC(=O)O)c2)c1. The number of aliphatic hydroxyl groups excluding tert-OH is 1. The molecule has 2 heterocycles. The van der Waals surface area contributed by atoms with Gasteiger partial charge in [0.25, 0.3) is 6.43 Å². The molecule has 0 aliphatic heterocycles. The van der Waals surface area contributed by atoms with Gasteiger partial charge in [-0.25, -0.2) is 23.5 Å². The number of rotatable bonds is 8. The number of hydrogen-bond acceptors (Lipinski definition) is 6. The fraction of sp³-hybridized carbons (Fsp3) is 0.263. The van der Waals surface area contributed by atoms with Crippen LogP contribution in [0.3, 0.4) is 0 Å². The Hall–Kier alpha value is -3.60. The summed E-state index contributed by atoms with van der Waals surface area (Å²) >= 11 is 0. The largest absolute Gasteiger partial charge is 0.465 e. The highest BCUT2D eigenvalue weighted by molar-refractivity contribution is 5.70. The van der Waals surface area contributed by atoms with Crippen LogP contribution in [-0.4, -0.2) is 48.7 Å². The van der Waals surface area contributed by atoms with E-state index in [1.54, 1.807) is 18.5 Å². The number of aliphatic hydroxyl groups is 1. The maximum absolute atomic E-state index is 12.8. The monoisotopic (exact) mass is 418 g/mol. The molecule has 0 saturated heterocycles. The molecule has 1 amide bonds. The Kier molecular flexibility index (Phi) is 6.52. The molecule has 2 aromatic heterocycles. The molecule has 0 fully saturated rings. The normalized spacial score (nSPS) is 12.0. The lowest BCUT2D eigenvalue weighted by Crippen LogP contribution is -2.33. The van der Waals surface area contributed by atoms with Crippen molar-refractivity contribution in [1.29, 1.82) is 0 Å². The maximum atomic E-state index is 12.8. The predicted octanol–water partition coefficient (Wildman–Crippen LogP) is 2.96. The summed E-state index contributed by atoms with van der Waals surface area (Å²) in [4.78, 5) is 18.3. The molecule has 3 rings (SSSR count). The number of carboxylic acid groups (broad SMARTS) is 1. The lowest BCUT2D eigenvalue weighted by Gasteiger charge is -2.10. The molecule has 3 aromatic rings. The highest BCUT2D eigenvalue weighted by Gasteiger charge is 2.12. The average molecular weight is 418 g/mol. The van der Waals surface area contributed by atoms with Crippen LogP contribution in [-0.2, 0) is 6.54 Å². The number of anilines is 2. The van der Waals surface area contributed by atoms with Gasteiger partial charge in [-0.05, 0) is 36.2 Å². The van der Waals surface area contributed by atoms with E-state index in [1.165, 1.54) is 10.9 Å². The van der Waals surface area contributed by atoms with E-state index in [0.717, 1.165) is 22.8 Å². The van der Waals surface area contributed by atoms with Gasteiger partial charge in [-0.15, -0.1) is 0 Å². The smallest absolute Gasteiger partial charge is 0.404 e. The molecule has 30 heavy (non-hydrogen) atoms. The molecular formula is C19H20F2N6O3. The third-order valence-electron chi connectivity index (χ3n) is 4.09. The number of alkyl halides is 2. The third kappa shape index (κ3) is 5.70. The van der Waals surface area contributed by atoms with Crippen LogP contribution in [0.25, 0.3) is 11.1 Å². The number of aromatic nitrogens is 4. The second-order valence-electron chi connectivity index (χ2n) is 6.61. The Morgan fingerprint density at radius 1 is 1.27 bits per heavy atom. The van der Waals surface area contributed by atoms with Crippen LogP contribution in [0.5, 0.6) is 0 Å². The summed E-state index contributed by atoms with van der Waals surface area (Å²) in [6.45, 7) is 1.89. The predicted molar refractivity (Wildman–Crippen MR) is 105 cm³/mol.